The average Bonchev–Trinajstić information content (AvgIpc) is 2.61. The molecule has 5 heteroatoms. The van der Waals surface area contributed by atoms with E-state index in [2.05, 4.69) is 0 Å². The molecule has 0 saturated carbocycles. The van der Waals surface area contributed by atoms with Gasteiger partial charge in [0.15, 0.2) is 0 Å². The Balaban J connectivity index is 1.78. The molecule has 1 aromatic rings. The van der Waals surface area contributed by atoms with E-state index in [0.717, 1.165) is 24.8 Å². The number of piperidine rings is 1. The van der Waals surface area contributed by atoms with Gasteiger partial charge in [-0.05, 0) is 38.3 Å². The van der Waals surface area contributed by atoms with Crippen LogP contribution in [-0.4, -0.2) is 60.5 Å². The maximum absolute atomic E-state index is 12.9. The van der Waals surface area contributed by atoms with E-state index in [1.54, 1.807) is 4.90 Å². The highest BCUT2D eigenvalue weighted by atomic mass is 16.5. The van der Waals surface area contributed by atoms with Crippen molar-refractivity contribution in [3.8, 4) is 0 Å². The smallest absolute Gasteiger partial charge is 0.254 e. The number of likely N-dealkylation sites (tertiary alicyclic amines) is 1. The third-order valence-corrected chi connectivity index (χ3v) is 4.64. The first-order valence-electron chi connectivity index (χ1n) is 8.41. The SMILES string of the molecule is Cc1cccc(C(=O)N2CCCCC2C(=O)N2CCOCC2)c1. The van der Waals surface area contributed by atoms with E-state index < -0.39 is 0 Å². The van der Waals surface area contributed by atoms with E-state index >= 15 is 0 Å². The van der Waals surface area contributed by atoms with Gasteiger partial charge < -0.3 is 14.5 Å². The van der Waals surface area contributed by atoms with Gasteiger partial charge in [-0.1, -0.05) is 17.7 Å². The first kappa shape index (κ1) is 16.0. The van der Waals surface area contributed by atoms with E-state index in [0.29, 0.717) is 38.4 Å². The lowest BCUT2D eigenvalue weighted by atomic mass is 9.99. The molecule has 2 aliphatic heterocycles. The molecule has 2 heterocycles. The molecule has 1 unspecified atom stereocenters. The van der Waals surface area contributed by atoms with Crippen molar-refractivity contribution in [2.75, 3.05) is 32.8 Å². The van der Waals surface area contributed by atoms with Crippen molar-refractivity contribution in [3.05, 3.63) is 35.4 Å². The lowest BCUT2D eigenvalue weighted by Crippen LogP contribution is -2.55. The van der Waals surface area contributed by atoms with Crippen LogP contribution in [0.5, 0.6) is 0 Å². The molecule has 0 N–H and O–H groups in total. The molecule has 5 nitrogen and oxygen atoms in total. The molecule has 2 saturated heterocycles. The van der Waals surface area contributed by atoms with Crippen LogP contribution in [0.15, 0.2) is 24.3 Å². The minimum Gasteiger partial charge on any atom is -0.378 e. The highest BCUT2D eigenvalue weighted by molar-refractivity contribution is 5.97. The number of morpholine rings is 1. The van der Waals surface area contributed by atoms with E-state index in [1.165, 1.54) is 0 Å². The van der Waals surface area contributed by atoms with Crippen LogP contribution in [0.25, 0.3) is 0 Å². The fourth-order valence-corrected chi connectivity index (χ4v) is 3.37. The van der Waals surface area contributed by atoms with Crippen molar-refractivity contribution in [2.45, 2.75) is 32.2 Å². The first-order chi connectivity index (χ1) is 11.2. The lowest BCUT2D eigenvalue weighted by molar-refractivity contribution is -0.141. The normalized spacial score (nSPS) is 22.0. The number of hydrogen-bond donors (Lipinski definition) is 0. The Labute approximate surface area is 137 Å². The maximum Gasteiger partial charge on any atom is 0.254 e. The first-order valence-corrected chi connectivity index (χ1v) is 8.41. The summed E-state index contributed by atoms with van der Waals surface area (Å²) in [6.45, 7) is 5.06. The van der Waals surface area contributed by atoms with Crippen LogP contribution in [-0.2, 0) is 9.53 Å². The summed E-state index contributed by atoms with van der Waals surface area (Å²) in [5.74, 6) is 0.0500. The van der Waals surface area contributed by atoms with Gasteiger partial charge in [-0.3, -0.25) is 9.59 Å². The number of benzene rings is 1. The Morgan fingerprint density at radius 3 is 2.65 bits per heavy atom. The number of carbonyl (C=O) groups excluding carboxylic acids is 2. The summed E-state index contributed by atoms with van der Waals surface area (Å²) in [4.78, 5) is 29.3. The molecular weight excluding hydrogens is 292 g/mol. The molecule has 0 aromatic heterocycles. The average molecular weight is 316 g/mol. The molecule has 2 fully saturated rings. The summed E-state index contributed by atoms with van der Waals surface area (Å²) in [5, 5.41) is 0. The third-order valence-electron chi connectivity index (χ3n) is 4.64. The summed E-state index contributed by atoms with van der Waals surface area (Å²) < 4.78 is 5.32. The topological polar surface area (TPSA) is 49.9 Å². The second-order valence-electron chi connectivity index (χ2n) is 6.32. The predicted octanol–water partition coefficient (Wildman–Crippen LogP) is 1.85. The van der Waals surface area contributed by atoms with Crippen LogP contribution in [0.2, 0.25) is 0 Å². The van der Waals surface area contributed by atoms with Crippen molar-refractivity contribution >= 4 is 11.8 Å². The van der Waals surface area contributed by atoms with Gasteiger partial charge >= 0.3 is 0 Å². The summed E-state index contributed by atoms with van der Waals surface area (Å²) in [6.07, 6.45) is 2.72. The molecule has 1 aromatic carbocycles. The molecule has 1 atom stereocenters. The minimum absolute atomic E-state index is 0.0278. The molecule has 2 amide bonds. The second-order valence-corrected chi connectivity index (χ2v) is 6.32. The number of aryl methyl sites for hydroxylation is 1. The van der Waals surface area contributed by atoms with Gasteiger partial charge in [-0.15, -0.1) is 0 Å². The van der Waals surface area contributed by atoms with Gasteiger partial charge in [0, 0.05) is 25.2 Å². The Morgan fingerprint density at radius 1 is 1.13 bits per heavy atom. The van der Waals surface area contributed by atoms with Gasteiger partial charge in [-0.2, -0.15) is 0 Å². The van der Waals surface area contributed by atoms with Gasteiger partial charge in [0.25, 0.3) is 5.91 Å². The van der Waals surface area contributed by atoms with Gasteiger partial charge in [-0.25, -0.2) is 0 Å². The zero-order valence-electron chi connectivity index (χ0n) is 13.7. The van der Waals surface area contributed by atoms with Crippen LogP contribution < -0.4 is 0 Å². The van der Waals surface area contributed by atoms with Crippen molar-refractivity contribution in [2.24, 2.45) is 0 Å². The molecule has 0 bridgehead atoms. The number of amides is 2. The summed E-state index contributed by atoms with van der Waals surface area (Å²) in [6, 6.07) is 7.28. The van der Waals surface area contributed by atoms with Crippen LogP contribution in [0.4, 0.5) is 0 Å². The Hall–Kier alpha value is -1.88. The van der Waals surface area contributed by atoms with Gasteiger partial charge in [0.05, 0.1) is 13.2 Å². The summed E-state index contributed by atoms with van der Waals surface area (Å²) in [5.41, 5.74) is 1.73. The van der Waals surface area contributed by atoms with Crippen LogP contribution in [0.3, 0.4) is 0 Å². The van der Waals surface area contributed by atoms with E-state index in [-0.39, 0.29) is 17.9 Å². The minimum atomic E-state index is -0.324. The molecule has 23 heavy (non-hydrogen) atoms. The van der Waals surface area contributed by atoms with Crippen LogP contribution in [0, 0.1) is 6.92 Å². The van der Waals surface area contributed by atoms with E-state index in [9.17, 15) is 9.59 Å². The lowest BCUT2D eigenvalue weighted by Gasteiger charge is -2.38. The molecule has 0 aliphatic carbocycles. The van der Waals surface area contributed by atoms with Crippen LogP contribution >= 0.6 is 0 Å². The molecule has 0 radical (unpaired) electrons. The van der Waals surface area contributed by atoms with Crippen molar-refractivity contribution in [3.63, 3.8) is 0 Å². The predicted molar refractivity (Wildman–Crippen MR) is 87.3 cm³/mol. The highest BCUT2D eigenvalue weighted by Crippen LogP contribution is 2.22. The largest absolute Gasteiger partial charge is 0.378 e. The van der Waals surface area contributed by atoms with Gasteiger partial charge in [0.2, 0.25) is 5.91 Å². The van der Waals surface area contributed by atoms with Crippen molar-refractivity contribution < 1.29 is 14.3 Å². The quantitative estimate of drug-likeness (QED) is 0.837. The number of ether oxygens (including phenoxy) is 1. The van der Waals surface area contributed by atoms with E-state index in [1.807, 2.05) is 36.1 Å². The Bertz CT molecular complexity index is 581. The standard InChI is InChI=1S/C18H24N2O3/c1-14-5-4-6-15(13-14)17(21)20-8-3-2-7-16(20)18(22)19-9-11-23-12-10-19/h4-6,13,16H,2-3,7-12H2,1H3. The zero-order valence-corrected chi connectivity index (χ0v) is 13.7. The Morgan fingerprint density at radius 2 is 1.91 bits per heavy atom. The molecule has 2 aliphatic rings. The Kier molecular flexibility index (Phi) is 4.96. The summed E-state index contributed by atoms with van der Waals surface area (Å²) >= 11 is 0. The highest BCUT2D eigenvalue weighted by Gasteiger charge is 2.35. The fourth-order valence-electron chi connectivity index (χ4n) is 3.37. The second kappa shape index (κ2) is 7.13. The van der Waals surface area contributed by atoms with Crippen molar-refractivity contribution in [1.29, 1.82) is 0 Å². The van der Waals surface area contributed by atoms with E-state index in [4.69, 9.17) is 4.74 Å². The zero-order chi connectivity index (χ0) is 16.2. The fraction of sp³-hybridized carbons (Fsp3) is 0.556. The van der Waals surface area contributed by atoms with Gasteiger partial charge in [0.1, 0.15) is 6.04 Å². The number of nitrogens with zero attached hydrogens (tertiary/aromatic N) is 2. The number of rotatable bonds is 2. The number of hydrogen-bond acceptors (Lipinski definition) is 3. The van der Waals surface area contributed by atoms with Crippen LogP contribution in [0.1, 0.15) is 35.2 Å². The third kappa shape index (κ3) is 3.55. The molecule has 3 rings (SSSR count). The number of carbonyl (C=O) groups is 2. The molecular formula is C18H24N2O3. The van der Waals surface area contributed by atoms with Crippen molar-refractivity contribution in [1.82, 2.24) is 9.80 Å². The monoisotopic (exact) mass is 316 g/mol. The summed E-state index contributed by atoms with van der Waals surface area (Å²) in [7, 11) is 0. The molecule has 0 spiro atoms. The molecule has 124 valence electrons. The maximum atomic E-state index is 12.9.